The van der Waals surface area contributed by atoms with Gasteiger partial charge in [0.2, 0.25) is 0 Å². The zero-order valence-corrected chi connectivity index (χ0v) is 19.0. The molecule has 2 N–H and O–H groups in total. The Morgan fingerprint density at radius 3 is 2.75 bits per heavy atom. The Morgan fingerprint density at radius 2 is 2.11 bits per heavy atom. The second-order valence-corrected chi connectivity index (χ2v) is 7.41. The fourth-order valence-corrected chi connectivity index (χ4v) is 3.93. The first-order valence-electron chi connectivity index (χ1n) is 9.22. The monoisotopic (exact) mass is 515 g/mol. The molecule has 28 heavy (non-hydrogen) atoms. The van der Waals surface area contributed by atoms with Gasteiger partial charge in [-0.2, -0.15) is 0 Å². The number of aliphatic imine (C=N–C) groups is 1. The highest BCUT2D eigenvalue weighted by Crippen LogP contribution is 2.24. The highest BCUT2D eigenvalue weighted by Gasteiger charge is 2.20. The van der Waals surface area contributed by atoms with Crippen LogP contribution in [0, 0.1) is 10.1 Å². The zero-order chi connectivity index (χ0) is 19.1. The Bertz CT molecular complexity index is 776. The van der Waals surface area contributed by atoms with Gasteiger partial charge in [-0.15, -0.1) is 35.3 Å². The lowest BCUT2D eigenvalue weighted by Crippen LogP contribution is -2.48. The Kier molecular flexibility index (Phi) is 8.97. The maximum atomic E-state index is 10.9. The largest absolute Gasteiger partial charge is 0.363 e. The number of hydrogen-bond donors (Lipinski definition) is 2. The Balaban J connectivity index is 0.00000280. The summed E-state index contributed by atoms with van der Waals surface area (Å²) in [5, 5.41) is 21.1. The van der Waals surface area contributed by atoms with Crippen LogP contribution < -0.4 is 15.5 Å². The average molecular weight is 515 g/mol. The summed E-state index contributed by atoms with van der Waals surface area (Å²) >= 11 is 1.78. The highest BCUT2D eigenvalue weighted by atomic mass is 127. The third kappa shape index (κ3) is 6.33. The molecule has 0 spiro atoms. The van der Waals surface area contributed by atoms with E-state index in [1.807, 2.05) is 13.0 Å². The van der Waals surface area contributed by atoms with Gasteiger partial charge in [0.15, 0.2) is 5.96 Å². The van der Waals surface area contributed by atoms with Crippen LogP contribution in [0.4, 0.5) is 10.7 Å². The van der Waals surface area contributed by atoms with Crippen LogP contribution in [0.25, 0.3) is 0 Å². The maximum Gasteiger partial charge on any atom is 0.269 e. The van der Waals surface area contributed by atoms with E-state index in [1.54, 1.807) is 23.5 Å². The van der Waals surface area contributed by atoms with Gasteiger partial charge >= 0.3 is 0 Å². The first kappa shape index (κ1) is 22.4. The molecule has 0 aliphatic carbocycles. The molecule has 152 valence electrons. The maximum absolute atomic E-state index is 10.9. The number of hydrogen-bond acceptors (Lipinski definition) is 5. The average Bonchev–Trinajstić information content (AvgIpc) is 3.22. The van der Waals surface area contributed by atoms with E-state index in [0.29, 0.717) is 12.6 Å². The van der Waals surface area contributed by atoms with Crippen LogP contribution in [0.3, 0.4) is 0 Å². The van der Waals surface area contributed by atoms with Gasteiger partial charge in [0.25, 0.3) is 5.69 Å². The molecule has 1 aliphatic rings. The van der Waals surface area contributed by atoms with Crippen molar-refractivity contribution in [2.75, 3.05) is 24.5 Å². The number of benzene rings is 1. The van der Waals surface area contributed by atoms with Crippen LogP contribution in [-0.4, -0.2) is 36.6 Å². The summed E-state index contributed by atoms with van der Waals surface area (Å²) in [7, 11) is 0. The summed E-state index contributed by atoms with van der Waals surface area (Å²) in [4.78, 5) is 17.6. The first-order valence-corrected chi connectivity index (χ1v) is 10.1. The molecule has 0 atom stereocenters. The summed E-state index contributed by atoms with van der Waals surface area (Å²) in [6, 6.07) is 11.3. The molecule has 0 amide bonds. The fourth-order valence-electron chi connectivity index (χ4n) is 3.15. The molecule has 7 nitrogen and oxygen atoms in total. The van der Waals surface area contributed by atoms with Gasteiger partial charge in [0, 0.05) is 37.8 Å². The van der Waals surface area contributed by atoms with Gasteiger partial charge in [-0.05, 0) is 42.8 Å². The predicted molar refractivity (Wildman–Crippen MR) is 126 cm³/mol. The molecule has 0 saturated carbocycles. The topological polar surface area (TPSA) is 82.8 Å². The molecular formula is C19H26IN5O2S. The van der Waals surface area contributed by atoms with Gasteiger partial charge in [0.1, 0.15) is 0 Å². The molecule has 1 aromatic carbocycles. The van der Waals surface area contributed by atoms with Gasteiger partial charge in [0.05, 0.1) is 16.5 Å². The third-order valence-corrected chi connectivity index (χ3v) is 5.47. The molecule has 0 bridgehead atoms. The lowest BCUT2D eigenvalue weighted by molar-refractivity contribution is -0.384. The smallest absolute Gasteiger partial charge is 0.269 e. The van der Waals surface area contributed by atoms with Crippen LogP contribution in [0.2, 0.25) is 0 Å². The molecule has 1 saturated heterocycles. The van der Waals surface area contributed by atoms with Crippen molar-refractivity contribution in [1.29, 1.82) is 0 Å². The lowest BCUT2D eigenvalue weighted by atomic mass is 10.1. The number of nitrogens with zero attached hydrogens (tertiary/aromatic N) is 3. The molecule has 1 aromatic heterocycles. The Labute approximate surface area is 186 Å². The summed E-state index contributed by atoms with van der Waals surface area (Å²) in [6.45, 7) is 5.27. The van der Waals surface area contributed by atoms with Crippen molar-refractivity contribution >= 4 is 52.0 Å². The van der Waals surface area contributed by atoms with E-state index in [2.05, 4.69) is 38.0 Å². The number of nitrogens with one attached hydrogen (secondary N) is 2. The number of halogens is 1. The number of anilines is 1. The number of nitro groups is 1. The number of piperidine rings is 1. The summed E-state index contributed by atoms with van der Waals surface area (Å²) in [5.41, 5.74) is 0.926. The second-order valence-electron chi connectivity index (χ2n) is 6.48. The molecule has 1 fully saturated rings. The molecule has 0 unspecified atom stereocenters. The van der Waals surface area contributed by atoms with Crippen LogP contribution >= 0.6 is 35.3 Å². The summed E-state index contributed by atoms with van der Waals surface area (Å²) < 4.78 is 0. The molecule has 9 heteroatoms. The number of nitro benzene ring substituents is 1. The van der Waals surface area contributed by atoms with Gasteiger partial charge < -0.3 is 15.5 Å². The molecule has 1 aliphatic heterocycles. The van der Waals surface area contributed by atoms with Gasteiger partial charge in [-0.3, -0.25) is 10.1 Å². The Hall–Kier alpha value is -1.88. The number of thiophene rings is 1. The molecule has 0 radical (unpaired) electrons. The van der Waals surface area contributed by atoms with Gasteiger partial charge in [-0.25, -0.2) is 4.99 Å². The van der Waals surface area contributed by atoms with E-state index in [1.165, 1.54) is 11.1 Å². The zero-order valence-electron chi connectivity index (χ0n) is 15.8. The molecule has 2 heterocycles. The Morgan fingerprint density at radius 1 is 1.32 bits per heavy atom. The number of guanidine groups is 1. The van der Waals surface area contributed by atoms with E-state index in [0.717, 1.165) is 44.0 Å². The minimum Gasteiger partial charge on any atom is -0.363 e. The van der Waals surface area contributed by atoms with E-state index < -0.39 is 0 Å². The van der Waals surface area contributed by atoms with Crippen LogP contribution in [-0.2, 0) is 6.54 Å². The predicted octanol–water partition coefficient (Wildman–Crippen LogP) is 4.00. The minimum atomic E-state index is -0.377. The van der Waals surface area contributed by atoms with Crippen molar-refractivity contribution in [1.82, 2.24) is 10.6 Å². The third-order valence-electron chi connectivity index (χ3n) is 4.54. The van der Waals surface area contributed by atoms with Crippen molar-refractivity contribution in [3.63, 3.8) is 0 Å². The summed E-state index contributed by atoms with van der Waals surface area (Å²) in [6.07, 6.45) is 2.11. The standard InChI is InChI=1S/C19H25N5O2S.HI/c1-2-20-19(21-14-15-5-3-6-17(13-15)24(25)26)22-16-8-10-23(11-9-16)18-7-4-12-27-18;/h3-7,12-13,16H,2,8-11,14H2,1H3,(H2,20,21,22);1H. The van der Waals surface area contributed by atoms with Crippen LogP contribution in [0.15, 0.2) is 46.8 Å². The van der Waals surface area contributed by atoms with Crippen molar-refractivity contribution < 1.29 is 4.92 Å². The van der Waals surface area contributed by atoms with Crippen LogP contribution in [0.5, 0.6) is 0 Å². The molecule has 3 rings (SSSR count). The van der Waals surface area contributed by atoms with E-state index in [-0.39, 0.29) is 34.6 Å². The van der Waals surface area contributed by atoms with Crippen molar-refractivity contribution in [3.8, 4) is 0 Å². The number of non-ortho nitro benzene ring substituents is 1. The van der Waals surface area contributed by atoms with Crippen molar-refractivity contribution in [3.05, 3.63) is 57.5 Å². The fraction of sp³-hybridized carbons (Fsp3) is 0.421. The van der Waals surface area contributed by atoms with E-state index >= 15 is 0 Å². The minimum absolute atomic E-state index is 0. The van der Waals surface area contributed by atoms with Gasteiger partial charge in [-0.1, -0.05) is 12.1 Å². The molecule has 2 aromatic rings. The van der Waals surface area contributed by atoms with Crippen molar-refractivity contribution in [2.24, 2.45) is 4.99 Å². The second kappa shape index (κ2) is 11.2. The number of rotatable bonds is 6. The lowest BCUT2D eigenvalue weighted by Gasteiger charge is -2.33. The highest BCUT2D eigenvalue weighted by molar-refractivity contribution is 14.0. The first-order chi connectivity index (χ1) is 13.2. The van der Waals surface area contributed by atoms with E-state index in [9.17, 15) is 10.1 Å². The van der Waals surface area contributed by atoms with E-state index in [4.69, 9.17) is 0 Å². The quantitative estimate of drug-likeness (QED) is 0.200. The molecular weight excluding hydrogens is 489 g/mol. The normalized spacial score (nSPS) is 15.0. The summed E-state index contributed by atoms with van der Waals surface area (Å²) in [5.74, 6) is 0.763. The van der Waals surface area contributed by atoms with Crippen LogP contribution in [0.1, 0.15) is 25.3 Å². The van der Waals surface area contributed by atoms with Crippen molar-refractivity contribution in [2.45, 2.75) is 32.4 Å². The SMILES string of the molecule is CCNC(=NCc1cccc([N+](=O)[O-])c1)NC1CCN(c2cccs2)CC1.I.